The van der Waals surface area contributed by atoms with E-state index < -0.39 is 9.84 Å². The fraction of sp³-hybridized carbons (Fsp3) is 0.400. The third kappa shape index (κ3) is 4.47. The molecule has 1 saturated heterocycles. The lowest BCUT2D eigenvalue weighted by atomic mass is 10.0. The number of sulfone groups is 1. The predicted octanol–water partition coefficient (Wildman–Crippen LogP) is 3.28. The number of pyridine rings is 1. The molecule has 0 aliphatic carbocycles. The van der Waals surface area contributed by atoms with Crippen LogP contribution in [0.5, 0.6) is 0 Å². The summed E-state index contributed by atoms with van der Waals surface area (Å²) in [6.45, 7) is 3.61. The summed E-state index contributed by atoms with van der Waals surface area (Å²) in [6, 6.07) is 10.4. The number of amides is 1. The van der Waals surface area contributed by atoms with Crippen LogP contribution in [0.15, 0.2) is 47.5 Å². The number of hydrogen-bond acceptors (Lipinski definition) is 5. The highest BCUT2D eigenvalue weighted by Crippen LogP contribution is 2.26. The number of carbonyl (C=O) groups excluding carboxylic acids is 1. The third-order valence-corrected chi connectivity index (χ3v) is 5.99. The van der Waals surface area contributed by atoms with Crippen molar-refractivity contribution in [1.82, 2.24) is 9.88 Å². The first-order chi connectivity index (χ1) is 12.9. The summed E-state index contributed by atoms with van der Waals surface area (Å²) in [4.78, 5) is 19.4. The van der Waals surface area contributed by atoms with Gasteiger partial charge in [-0.2, -0.15) is 0 Å². The second kappa shape index (κ2) is 8.08. The van der Waals surface area contributed by atoms with Crippen LogP contribution in [0.3, 0.4) is 0 Å². The molecule has 7 heteroatoms. The van der Waals surface area contributed by atoms with E-state index in [-0.39, 0.29) is 11.9 Å². The number of rotatable bonds is 6. The minimum atomic E-state index is -3.22. The molecule has 1 aromatic heterocycles. The lowest BCUT2D eigenvalue weighted by Crippen LogP contribution is -2.29. The molecule has 1 amide bonds. The first-order valence-electron chi connectivity index (χ1n) is 9.21. The van der Waals surface area contributed by atoms with E-state index in [2.05, 4.69) is 10.3 Å². The quantitative estimate of drug-likeness (QED) is 0.823. The Bertz CT molecular complexity index is 904. The summed E-state index contributed by atoms with van der Waals surface area (Å²) in [7, 11) is -3.22. The molecule has 144 valence electrons. The molecule has 1 atom stereocenters. The Morgan fingerprint density at radius 3 is 2.44 bits per heavy atom. The summed E-state index contributed by atoms with van der Waals surface area (Å²) in [5.74, 6) is 0.568. The van der Waals surface area contributed by atoms with Crippen molar-refractivity contribution in [1.29, 1.82) is 0 Å². The smallest absolute Gasteiger partial charge is 0.257 e. The van der Waals surface area contributed by atoms with Crippen LogP contribution in [-0.4, -0.2) is 43.6 Å². The maximum absolute atomic E-state index is 12.8. The highest BCUT2D eigenvalue weighted by Gasteiger charge is 2.23. The van der Waals surface area contributed by atoms with E-state index in [0.717, 1.165) is 37.9 Å². The van der Waals surface area contributed by atoms with Crippen LogP contribution in [0.2, 0.25) is 0 Å². The molecule has 1 fully saturated rings. The molecule has 2 heterocycles. The third-order valence-electron chi connectivity index (χ3n) is 4.86. The molecule has 1 aliphatic rings. The molecule has 0 spiro atoms. The number of carbonyl (C=O) groups is 1. The van der Waals surface area contributed by atoms with Crippen LogP contribution < -0.4 is 5.32 Å². The molecule has 0 radical (unpaired) electrons. The highest BCUT2D eigenvalue weighted by atomic mass is 32.2. The number of nitrogens with one attached hydrogen (secondary N) is 1. The maximum atomic E-state index is 12.8. The minimum Gasteiger partial charge on any atom is -0.363 e. The summed E-state index contributed by atoms with van der Waals surface area (Å²) in [5, 5.41) is 3.37. The molecule has 1 unspecified atom stereocenters. The first kappa shape index (κ1) is 19.4. The van der Waals surface area contributed by atoms with Crippen LogP contribution >= 0.6 is 0 Å². The fourth-order valence-corrected chi connectivity index (χ4v) is 3.95. The van der Waals surface area contributed by atoms with Crippen molar-refractivity contribution < 1.29 is 13.2 Å². The topological polar surface area (TPSA) is 79.4 Å². The van der Waals surface area contributed by atoms with Gasteiger partial charge in [0.1, 0.15) is 5.82 Å². The summed E-state index contributed by atoms with van der Waals surface area (Å²) < 4.78 is 23.3. The normalized spacial score (nSPS) is 15.6. The van der Waals surface area contributed by atoms with E-state index in [9.17, 15) is 13.2 Å². The monoisotopic (exact) mass is 387 g/mol. The summed E-state index contributed by atoms with van der Waals surface area (Å²) in [5.41, 5.74) is 1.53. The fourth-order valence-electron chi connectivity index (χ4n) is 3.32. The van der Waals surface area contributed by atoms with E-state index in [4.69, 9.17) is 0 Å². The van der Waals surface area contributed by atoms with Crippen LogP contribution in [0.4, 0.5) is 5.82 Å². The van der Waals surface area contributed by atoms with Gasteiger partial charge in [0.2, 0.25) is 0 Å². The van der Waals surface area contributed by atoms with Gasteiger partial charge in [-0.15, -0.1) is 0 Å². The molecule has 0 saturated carbocycles. The average Bonchev–Trinajstić information content (AvgIpc) is 3.20. The van der Waals surface area contributed by atoms with Crippen LogP contribution in [0, 0.1) is 0 Å². The maximum Gasteiger partial charge on any atom is 0.257 e. The number of benzene rings is 1. The summed E-state index contributed by atoms with van der Waals surface area (Å²) in [6.07, 6.45) is 5.72. The zero-order valence-corrected chi connectivity index (χ0v) is 16.5. The van der Waals surface area contributed by atoms with Gasteiger partial charge in [-0.25, -0.2) is 13.4 Å². The SMILES string of the molecule is CCC(Nc1ncccc1C(=O)N1CCCC1)c1ccc(S(C)(=O)=O)cc1. The van der Waals surface area contributed by atoms with Crippen LogP contribution in [-0.2, 0) is 9.84 Å². The van der Waals surface area contributed by atoms with Crippen LogP contribution in [0.25, 0.3) is 0 Å². The number of anilines is 1. The molecular weight excluding hydrogens is 362 g/mol. The van der Waals surface area contributed by atoms with Gasteiger partial charge in [0, 0.05) is 25.5 Å². The predicted molar refractivity (Wildman–Crippen MR) is 106 cm³/mol. The molecule has 3 rings (SSSR count). The second-order valence-electron chi connectivity index (χ2n) is 6.85. The van der Waals surface area contributed by atoms with E-state index in [0.29, 0.717) is 16.3 Å². The molecule has 0 bridgehead atoms. The lowest BCUT2D eigenvalue weighted by molar-refractivity contribution is 0.0793. The number of aromatic nitrogens is 1. The molecule has 2 aromatic rings. The van der Waals surface area contributed by atoms with Crippen molar-refractivity contribution in [3.8, 4) is 0 Å². The van der Waals surface area contributed by atoms with E-state index in [1.807, 2.05) is 24.0 Å². The molecule has 1 aromatic carbocycles. The van der Waals surface area contributed by atoms with E-state index in [1.54, 1.807) is 30.5 Å². The van der Waals surface area contributed by atoms with Gasteiger partial charge in [0.05, 0.1) is 16.5 Å². The van der Waals surface area contributed by atoms with Crippen molar-refractivity contribution in [3.63, 3.8) is 0 Å². The lowest BCUT2D eigenvalue weighted by Gasteiger charge is -2.22. The standard InChI is InChI=1S/C20H25N3O3S/c1-3-18(15-8-10-16(11-9-15)27(2,25)26)22-19-17(7-6-12-21-19)20(24)23-13-4-5-14-23/h6-12,18H,3-5,13-14H2,1-2H3,(H,21,22). The highest BCUT2D eigenvalue weighted by molar-refractivity contribution is 7.90. The van der Waals surface area contributed by atoms with Crippen molar-refractivity contribution in [3.05, 3.63) is 53.7 Å². The second-order valence-corrected chi connectivity index (χ2v) is 8.86. The Morgan fingerprint density at radius 2 is 1.85 bits per heavy atom. The van der Waals surface area contributed by atoms with Gasteiger partial charge >= 0.3 is 0 Å². The van der Waals surface area contributed by atoms with Gasteiger partial charge in [-0.1, -0.05) is 19.1 Å². The number of nitrogens with zero attached hydrogens (tertiary/aromatic N) is 2. The van der Waals surface area contributed by atoms with Crippen LogP contribution in [0.1, 0.15) is 48.1 Å². The van der Waals surface area contributed by atoms with E-state index >= 15 is 0 Å². The Morgan fingerprint density at radius 1 is 1.19 bits per heavy atom. The van der Waals surface area contributed by atoms with Crippen molar-refractivity contribution >= 4 is 21.6 Å². The first-order valence-corrected chi connectivity index (χ1v) is 11.1. The van der Waals surface area contributed by atoms with Crippen molar-refractivity contribution in [2.24, 2.45) is 0 Å². The Hall–Kier alpha value is -2.41. The summed E-state index contributed by atoms with van der Waals surface area (Å²) >= 11 is 0. The van der Waals surface area contributed by atoms with Crippen molar-refractivity contribution in [2.45, 2.75) is 37.1 Å². The number of hydrogen-bond donors (Lipinski definition) is 1. The van der Waals surface area contributed by atoms with Gasteiger partial charge in [0.15, 0.2) is 9.84 Å². The largest absolute Gasteiger partial charge is 0.363 e. The molecule has 6 nitrogen and oxygen atoms in total. The van der Waals surface area contributed by atoms with Crippen molar-refractivity contribution in [2.75, 3.05) is 24.7 Å². The average molecular weight is 388 g/mol. The van der Waals surface area contributed by atoms with E-state index in [1.165, 1.54) is 6.26 Å². The minimum absolute atomic E-state index is 0.00498. The number of likely N-dealkylation sites (tertiary alicyclic amines) is 1. The Labute approximate surface area is 160 Å². The van der Waals surface area contributed by atoms with Gasteiger partial charge in [0.25, 0.3) is 5.91 Å². The molecule has 1 aliphatic heterocycles. The van der Waals surface area contributed by atoms with Gasteiger partial charge < -0.3 is 10.2 Å². The van der Waals surface area contributed by atoms with Gasteiger partial charge in [-0.05, 0) is 49.1 Å². The Kier molecular flexibility index (Phi) is 5.79. The zero-order chi connectivity index (χ0) is 19.4. The molecular formula is C20H25N3O3S. The zero-order valence-electron chi connectivity index (χ0n) is 15.7. The van der Waals surface area contributed by atoms with Gasteiger partial charge in [-0.3, -0.25) is 4.79 Å². The molecule has 27 heavy (non-hydrogen) atoms. The molecule has 1 N–H and O–H groups in total. The Balaban J connectivity index is 1.83.